The fourth-order valence-electron chi connectivity index (χ4n) is 2.31. The first-order valence-corrected chi connectivity index (χ1v) is 9.06. The first-order chi connectivity index (χ1) is 11.7. The van der Waals surface area contributed by atoms with Gasteiger partial charge in [0.15, 0.2) is 0 Å². The third-order valence-corrected chi connectivity index (χ3v) is 3.60. The minimum absolute atomic E-state index is 0. The summed E-state index contributed by atoms with van der Waals surface area (Å²) in [5, 5.41) is 0.634. The van der Waals surface area contributed by atoms with Crippen LogP contribution in [0, 0.1) is 0 Å². The smallest absolute Gasteiger partial charge is 1.00 e. The number of likely N-dealkylation sites (N-methyl/N-ethyl adjacent to an activating group) is 1. The Hall–Kier alpha value is -0.384. The van der Waals surface area contributed by atoms with Crippen LogP contribution in [0.1, 0.15) is 12.6 Å². The molecule has 7 nitrogen and oxygen atoms in total. The Morgan fingerprint density at radius 3 is 2.31 bits per heavy atom. The number of benzene rings is 2. The van der Waals surface area contributed by atoms with Gasteiger partial charge in [-0.25, -0.2) is 4.57 Å². The summed E-state index contributed by atoms with van der Waals surface area (Å²) in [5.41, 5.74) is 3.51. The minimum Gasteiger partial charge on any atom is -1.00 e. The van der Waals surface area contributed by atoms with E-state index in [9.17, 15) is 4.79 Å². The van der Waals surface area contributed by atoms with E-state index < -0.39 is 7.82 Å². The van der Waals surface area contributed by atoms with Gasteiger partial charge in [0.05, 0.1) is 11.4 Å². The standard InChI is InChI=1S/C16H13ClN2O.K.H3O4P.H/c1-19-14-8-7-12(17)9-13(14)16(18-10-15(19)20)11-5-3-2-4-6-11;;1-5(2,3)4;/h2-9H,10H2,1H3;;(H3,1,2,3,4);/q;+1;;-1. The molecule has 0 spiro atoms. The zero-order valence-electron chi connectivity index (χ0n) is 15.2. The molecule has 3 N–H and O–H groups in total. The van der Waals surface area contributed by atoms with Crippen LogP contribution in [0.25, 0.3) is 0 Å². The largest absolute Gasteiger partial charge is 1.00 e. The Kier molecular flexibility index (Phi) is 9.32. The molecule has 0 bridgehead atoms. The number of amides is 1. The SMILES string of the molecule is CN1C(=O)CN=C(c2ccccc2)c2cc(Cl)ccc21.O=P(O)(O)O.[H-].[K+]. The second-order valence-corrected chi connectivity index (χ2v) is 6.62. The van der Waals surface area contributed by atoms with Crippen LogP contribution in [0.3, 0.4) is 0 Å². The van der Waals surface area contributed by atoms with Crippen molar-refractivity contribution in [2.45, 2.75) is 0 Å². The van der Waals surface area contributed by atoms with Crippen molar-refractivity contribution in [3.63, 3.8) is 0 Å². The molecule has 0 fully saturated rings. The number of carbonyl (C=O) groups is 1. The van der Waals surface area contributed by atoms with Gasteiger partial charge in [0.1, 0.15) is 6.54 Å². The summed E-state index contributed by atoms with van der Waals surface area (Å²) in [7, 11) is -2.88. The Bertz CT molecular complexity index is 855. The molecule has 1 amide bonds. The molecule has 2 aromatic rings. The predicted octanol–water partition coefficient (Wildman–Crippen LogP) is -0.658. The van der Waals surface area contributed by atoms with Gasteiger partial charge in [0.2, 0.25) is 5.91 Å². The van der Waals surface area contributed by atoms with Crippen molar-refractivity contribution in [2.24, 2.45) is 4.99 Å². The van der Waals surface area contributed by atoms with E-state index in [4.69, 9.17) is 30.8 Å². The maximum absolute atomic E-state index is 12.0. The molecule has 0 aromatic heterocycles. The van der Waals surface area contributed by atoms with Crippen LogP contribution in [0.5, 0.6) is 0 Å². The number of halogens is 1. The molecule has 1 heterocycles. The van der Waals surface area contributed by atoms with Gasteiger partial charge in [-0.2, -0.15) is 0 Å². The molecule has 0 radical (unpaired) electrons. The number of hydrogen-bond acceptors (Lipinski definition) is 3. The van der Waals surface area contributed by atoms with Crippen LogP contribution in [-0.4, -0.2) is 39.9 Å². The van der Waals surface area contributed by atoms with Crippen molar-refractivity contribution in [1.82, 2.24) is 0 Å². The summed E-state index contributed by atoms with van der Waals surface area (Å²) in [6.07, 6.45) is 0. The molecule has 3 rings (SSSR count). The number of phosphoric acid groups is 1. The van der Waals surface area contributed by atoms with Gasteiger partial charge >= 0.3 is 59.2 Å². The van der Waals surface area contributed by atoms with E-state index in [0.29, 0.717) is 5.02 Å². The zero-order valence-corrected chi connectivity index (χ0v) is 19.0. The summed E-state index contributed by atoms with van der Waals surface area (Å²) >= 11 is 6.11. The van der Waals surface area contributed by atoms with Crippen LogP contribution in [0.4, 0.5) is 5.69 Å². The summed E-state index contributed by atoms with van der Waals surface area (Å²) in [5.74, 6) is -0.0282. The van der Waals surface area contributed by atoms with Crippen LogP contribution in [0.2, 0.25) is 5.02 Å². The molecule has 0 saturated heterocycles. The Morgan fingerprint density at radius 2 is 1.73 bits per heavy atom. The molecular weight excluding hydrogens is 406 g/mol. The average Bonchev–Trinajstić information content (AvgIpc) is 2.65. The number of rotatable bonds is 1. The molecule has 1 aliphatic heterocycles. The number of fused-ring (bicyclic) bond motifs is 1. The van der Waals surface area contributed by atoms with Gasteiger partial charge in [0.25, 0.3) is 0 Å². The van der Waals surface area contributed by atoms with E-state index >= 15 is 0 Å². The minimum atomic E-state index is -4.64. The molecule has 0 aliphatic carbocycles. The van der Waals surface area contributed by atoms with Crippen molar-refractivity contribution in [3.8, 4) is 0 Å². The Labute approximate surface area is 199 Å². The van der Waals surface area contributed by atoms with Crippen LogP contribution < -0.4 is 56.3 Å². The van der Waals surface area contributed by atoms with E-state index in [0.717, 1.165) is 22.5 Å². The summed E-state index contributed by atoms with van der Waals surface area (Å²) in [6, 6.07) is 15.3. The summed E-state index contributed by atoms with van der Waals surface area (Å²) in [4.78, 5) is 39.7. The molecule has 26 heavy (non-hydrogen) atoms. The van der Waals surface area contributed by atoms with Gasteiger partial charge in [0, 0.05) is 23.2 Å². The number of anilines is 1. The fraction of sp³-hybridized carbons (Fsp3) is 0.125. The van der Waals surface area contributed by atoms with Crippen molar-refractivity contribution < 1.29 is 76.9 Å². The molecule has 2 aromatic carbocycles. The molecule has 10 heteroatoms. The quantitative estimate of drug-likeness (QED) is 0.417. The molecule has 0 atom stereocenters. The first-order valence-electron chi connectivity index (χ1n) is 7.11. The maximum Gasteiger partial charge on any atom is 1.00 e. The van der Waals surface area contributed by atoms with Gasteiger partial charge in [-0.05, 0) is 18.2 Å². The third-order valence-electron chi connectivity index (χ3n) is 3.37. The molecule has 0 unspecified atom stereocenters. The second kappa shape index (κ2) is 10.2. The first kappa shape index (κ1) is 23.7. The van der Waals surface area contributed by atoms with Gasteiger partial charge in [-0.3, -0.25) is 9.79 Å². The van der Waals surface area contributed by atoms with Crippen molar-refractivity contribution in [2.75, 3.05) is 18.5 Å². The molecule has 1 aliphatic rings. The van der Waals surface area contributed by atoms with Crippen LogP contribution >= 0.6 is 19.4 Å². The number of carbonyl (C=O) groups excluding carboxylic acids is 1. The van der Waals surface area contributed by atoms with E-state index in [1.54, 1.807) is 18.0 Å². The number of hydrogen-bond donors (Lipinski definition) is 3. The summed E-state index contributed by atoms with van der Waals surface area (Å²) in [6.45, 7) is 0.146. The number of benzodiazepines with no additional fused rings is 1. The van der Waals surface area contributed by atoms with Crippen molar-refractivity contribution in [1.29, 1.82) is 0 Å². The zero-order chi connectivity index (χ0) is 18.6. The topological polar surface area (TPSA) is 110 Å². The molecular formula is C16H17ClKN2O5P. The van der Waals surface area contributed by atoms with Gasteiger partial charge in [-0.1, -0.05) is 41.9 Å². The fourth-order valence-corrected chi connectivity index (χ4v) is 2.48. The van der Waals surface area contributed by atoms with Gasteiger partial charge < -0.3 is 21.0 Å². The van der Waals surface area contributed by atoms with Gasteiger partial charge in [-0.15, -0.1) is 0 Å². The Balaban J connectivity index is 0.000000864. The number of nitrogens with zero attached hydrogens (tertiary/aromatic N) is 2. The van der Waals surface area contributed by atoms with Crippen molar-refractivity contribution >= 4 is 36.7 Å². The van der Waals surface area contributed by atoms with E-state index in [2.05, 4.69) is 4.99 Å². The third kappa shape index (κ3) is 6.97. The summed E-state index contributed by atoms with van der Waals surface area (Å²) < 4.78 is 8.88. The normalized spacial score (nSPS) is 13.5. The van der Waals surface area contributed by atoms with Crippen LogP contribution in [0.15, 0.2) is 53.5 Å². The molecule has 0 saturated carbocycles. The second-order valence-electron chi connectivity index (χ2n) is 5.16. The van der Waals surface area contributed by atoms with Crippen LogP contribution in [-0.2, 0) is 9.36 Å². The predicted molar refractivity (Wildman–Crippen MR) is 97.2 cm³/mol. The number of aliphatic imine (C=N–C) groups is 1. The average molecular weight is 423 g/mol. The monoisotopic (exact) mass is 422 g/mol. The Morgan fingerprint density at radius 1 is 1.15 bits per heavy atom. The van der Waals surface area contributed by atoms with Crippen molar-refractivity contribution in [3.05, 3.63) is 64.7 Å². The van der Waals surface area contributed by atoms with E-state index in [1.165, 1.54) is 0 Å². The molecule has 134 valence electrons. The maximum atomic E-state index is 12.0. The van der Waals surface area contributed by atoms with E-state index in [-0.39, 0.29) is 65.3 Å². The van der Waals surface area contributed by atoms with E-state index in [1.807, 2.05) is 42.5 Å².